The molecule has 4 rings (SSSR count). The molecular weight excluding hydrogens is 354 g/mol. The van der Waals surface area contributed by atoms with Crippen LogP contribution in [0.25, 0.3) is 11.1 Å². The van der Waals surface area contributed by atoms with Crippen LogP contribution in [0.4, 0.5) is 6.01 Å². The number of oxazole rings is 1. The van der Waals surface area contributed by atoms with Crippen LogP contribution in [0, 0.1) is 5.92 Å². The Labute approximate surface area is 166 Å². The predicted molar refractivity (Wildman–Crippen MR) is 110 cm³/mol. The highest BCUT2D eigenvalue weighted by atomic mass is 16.4. The normalized spacial score (nSPS) is 21.9. The van der Waals surface area contributed by atoms with E-state index in [1.807, 2.05) is 24.3 Å². The summed E-state index contributed by atoms with van der Waals surface area (Å²) in [5.74, 6) is 0.309. The number of benzene rings is 1. The van der Waals surface area contributed by atoms with Crippen molar-refractivity contribution in [3.8, 4) is 0 Å². The van der Waals surface area contributed by atoms with Crippen LogP contribution in [0.2, 0.25) is 0 Å². The van der Waals surface area contributed by atoms with Gasteiger partial charge in [0.1, 0.15) is 5.52 Å². The van der Waals surface area contributed by atoms with E-state index < -0.39 is 0 Å². The number of carbonyl (C=O) groups excluding carboxylic acids is 1. The van der Waals surface area contributed by atoms with E-state index in [1.165, 1.54) is 0 Å². The van der Waals surface area contributed by atoms with E-state index in [9.17, 15) is 4.79 Å². The summed E-state index contributed by atoms with van der Waals surface area (Å²) in [6.07, 6.45) is 5.10. The van der Waals surface area contributed by atoms with E-state index in [4.69, 9.17) is 10.2 Å². The third-order valence-electron chi connectivity index (χ3n) is 6.04. The van der Waals surface area contributed by atoms with Crippen molar-refractivity contribution in [1.29, 1.82) is 0 Å². The average Bonchev–Trinajstić information content (AvgIpc) is 3.18. The Hall–Kier alpha value is -2.12. The van der Waals surface area contributed by atoms with E-state index in [0.717, 1.165) is 75.4 Å². The van der Waals surface area contributed by atoms with Crippen molar-refractivity contribution in [1.82, 2.24) is 15.2 Å². The van der Waals surface area contributed by atoms with E-state index in [0.29, 0.717) is 19.1 Å². The molecule has 1 aromatic carbocycles. The lowest BCUT2D eigenvalue weighted by molar-refractivity contribution is -0.127. The summed E-state index contributed by atoms with van der Waals surface area (Å²) < 4.78 is 5.92. The number of para-hydroxylation sites is 2. The topological polar surface area (TPSA) is 87.6 Å². The SMILES string of the molecule is NCCCNC(=O)[C@H]1CCCN(C2CCN(c3nc4ccccc4o3)CC2)C1. The van der Waals surface area contributed by atoms with Gasteiger partial charge in [-0.1, -0.05) is 12.1 Å². The number of piperidine rings is 2. The van der Waals surface area contributed by atoms with Crippen LogP contribution in [0.5, 0.6) is 0 Å². The highest BCUT2D eigenvalue weighted by Crippen LogP contribution is 2.28. The third-order valence-corrected chi connectivity index (χ3v) is 6.04. The highest BCUT2D eigenvalue weighted by molar-refractivity contribution is 5.79. The van der Waals surface area contributed by atoms with Crippen molar-refractivity contribution >= 4 is 23.0 Å². The summed E-state index contributed by atoms with van der Waals surface area (Å²) in [6.45, 7) is 5.18. The Bertz CT molecular complexity index is 751. The molecule has 7 nitrogen and oxygen atoms in total. The minimum atomic E-state index is 0.113. The van der Waals surface area contributed by atoms with Crippen LogP contribution in [0.3, 0.4) is 0 Å². The molecule has 152 valence electrons. The summed E-state index contributed by atoms with van der Waals surface area (Å²) in [7, 11) is 0. The van der Waals surface area contributed by atoms with Crippen LogP contribution in [0.1, 0.15) is 32.1 Å². The number of likely N-dealkylation sites (tertiary alicyclic amines) is 1. The van der Waals surface area contributed by atoms with Crippen molar-refractivity contribution in [2.24, 2.45) is 11.7 Å². The van der Waals surface area contributed by atoms with Crippen molar-refractivity contribution in [3.63, 3.8) is 0 Å². The van der Waals surface area contributed by atoms with Gasteiger partial charge in [0.2, 0.25) is 5.91 Å². The molecule has 2 aromatic rings. The number of fused-ring (bicyclic) bond motifs is 1. The molecule has 0 bridgehead atoms. The highest BCUT2D eigenvalue weighted by Gasteiger charge is 2.32. The number of carbonyl (C=O) groups is 1. The first-order valence-electron chi connectivity index (χ1n) is 10.6. The quantitative estimate of drug-likeness (QED) is 0.740. The number of aromatic nitrogens is 1. The number of nitrogens with one attached hydrogen (secondary N) is 1. The smallest absolute Gasteiger partial charge is 0.298 e. The van der Waals surface area contributed by atoms with Crippen LogP contribution in [-0.2, 0) is 4.79 Å². The van der Waals surface area contributed by atoms with Crippen molar-refractivity contribution in [2.75, 3.05) is 44.2 Å². The molecule has 2 saturated heterocycles. The molecule has 1 atom stereocenters. The molecule has 0 unspecified atom stereocenters. The van der Waals surface area contributed by atoms with E-state index >= 15 is 0 Å². The molecule has 7 heteroatoms. The van der Waals surface area contributed by atoms with Crippen molar-refractivity contribution in [3.05, 3.63) is 24.3 Å². The van der Waals surface area contributed by atoms with Gasteiger partial charge >= 0.3 is 0 Å². The lowest BCUT2D eigenvalue weighted by atomic mass is 9.93. The summed E-state index contributed by atoms with van der Waals surface area (Å²) in [5.41, 5.74) is 7.28. The first-order chi connectivity index (χ1) is 13.7. The number of nitrogens with two attached hydrogens (primary N) is 1. The van der Waals surface area contributed by atoms with E-state index in [-0.39, 0.29) is 11.8 Å². The van der Waals surface area contributed by atoms with Gasteiger partial charge in [-0.15, -0.1) is 0 Å². The molecular formula is C21H31N5O2. The molecule has 2 fully saturated rings. The fourth-order valence-corrected chi connectivity index (χ4v) is 4.43. The maximum atomic E-state index is 12.4. The Balaban J connectivity index is 1.30. The molecule has 3 heterocycles. The number of hydrogen-bond acceptors (Lipinski definition) is 6. The molecule has 0 saturated carbocycles. The number of rotatable bonds is 6. The van der Waals surface area contributed by atoms with Crippen molar-refractivity contribution < 1.29 is 9.21 Å². The Morgan fingerprint density at radius 2 is 2.04 bits per heavy atom. The molecule has 28 heavy (non-hydrogen) atoms. The van der Waals surface area contributed by atoms with Gasteiger partial charge in [-0.2, -0.15) is 4.98 Å². The second-order valence-electron chi connectivity index (χ2n) is 7.95. The zero-order valence-corrected chi connectivity index (χ0v) is 16.5. The van der Waals surface area contributed by atoms with Crippen LogP contribution in [0.15, 0.2) is 28.7 Å². The van der Waals surface area contributed by atoms with Gasteiger partial charge in [0.05, 0.1) is 5.92 Å². The number of amides is 1. The number of nitrogens with zero attached hydrogens (tertiary/aromatic N) is 3. The standard InChI is InChI=1S/C21H31N5O2/c22-10-4-11-23-20(27)16-5-3-12-26(15-16)17-8-13-25(14-9-17)21-24-18-6-1-2-7-19(18)28-21/h1-2,6-7,16-17H,3-5,8-15,22H2,(H,23,27)/t16-/m0/s1. The molecule has 2 aliphatic heterocycles. The molecule has 3 N–H and O–H groups in total. The van der Waals surface area contributed by atoms with Crippen LogP contribution in [-0.4, -0.2) is 61.1 Å². The molecule has 1 aromatic heterocycles. The molecule has 0 aliphatic carbocycles. The Morgan fingerprint density at radius 3 is 2.82 bits per heavy atom. The maximum absolute atomic E-state index is 12.4. The number of anilines is 1. The monoisotopic (exact) mass is 385 g/mol. The summed E-state index contributed by atoms with van der Waals surface area (Å²) in [4.78, 5) is 21.8. The molecule has 0 radical (unpaired) electrons. The predicted octanol–water partition coefficient (Wildman–Crippen LogP) is 1.97. The zero-order chi connectivity index (χ0) is 19.3. The first-order valence-corrected chi connectivity index (χ1v) is 10.6. The number of hydrogen-bond donors (Lipinski definition) is 2. The Morgan fingerprint density at radius 1 is 1.21 bits per heavy atom. The summed E-state index contributed by atoms with van der Waals surface area (Å²) >= 11 is 0. The fourth-order valence-electron chi connectivity index (χ4n) is 4.43. The molecule has 1 amide bonds. The fraction of sp³-hybridized carbons (Fsp3) is 0.619. The lowest BCUT2D eigenvalue weighted by Gasteiger charge is -2.41. The molecule has 2 aliphatic rings. The maximum Gasteiger partial charge on any atom is 0.298 e. The van der Waals surface area contributed by atoms with Crippen LogP contribution < -0.4 is 16.0 Å². The third kappa shape index (κ3) is 4.31. The van der Waals surface area contributed by atoms with Gasteiger partial charge in [0.15, 0.2) is 5.58 Å². The van der Waals surface area contributed by atoms with Crippen LogP contribution >= 0.6 is 0 Å². The largest absolute Gasteiger partial charge is 0.423 e. The first kappa shape index (κ1) is 19.2. The van der Waals surface area contributed by atoms with Gasteiger partial charge in [-0.05, 0) is 57.3 Å². The van der Waals surface area contributed by atoms with Gasteiger partial charge in [0.25, 0.3) is 6.01 Å². The average molecular weight is 386 g/mol. The lowest BCUT2D eigenvalue weighted by Crippen LogP contribution is -2.51. The molecule has 0 spiro atoms. The van der Waals surface area contributed by atoms with Crippen molar-refractivity contribution in [2.45, 2.75) is 38.1 Å². The summed E-state index contributed by atoms with van der Waals surface area (Å²) in [6, 6.07) is 9.19. The van der Waals surface area contributed by atoms with Gasteiger partial charge in [0, 0.05) is 32.2 Å². The minimum absolute atomic E-state index is 0.113. The summed E-state index contributed by atoms with van der Waals surface area (Å²) in [5, 5.41) is 3.04. The second kappa shape index (κ2) is 8.92. The van der Waals surface area contributed by atoms with E-state index in [2.05, 4.69) is 20.1 Å². The minimum Gasteiger partial charge on any atom is -0.423 e. The zero-order valence-electron chi connectivity index (χ0n) is 16.5. The van der Waals surface area contributed by atoms with Gasteiger partial charge in [-0.25, -0.2) is 0 Å². The Kier molecular flexibility index (Phi) is 6.12. The van der Waals surface area contributed by atoms with Gasteiger partial charge < -0.3 is 20.4 Å². The van der Waals surface area contributed by atoms with Gasteiger partial charge in [-0.3, -0.25) is 9.69 Å². The second-order valence-corrected chi connectivity index (χ2v) is 7.95. The van der Waals surface area contributed by atoms with E-state index in [1.54, 1.807) is 0 Å².